The van der Waals surface area contributed by atoms with Gasteiger partial charge in [-0.05, 0) is 30.7 Å². The minimum Gasteiger partial charge on any atom is -0.334 e. The Morgan fingerprint density at radius 2 is 2.06 bits per heavy atom. The highest BCUT2D eigenvalue weighted by atomic mass is 16.2. The van der Waals surface area contributed by atoms with Crippen LogP contribution in [0.2, 0.25) is 0 Å². The van der Waals surface area contributed by atoms with Crippen molar-refractivity contribution < 1.29 is 4.79 Å². The highest BCUT2D eigenvalue weighted by molar-refractivity contribution is 5.74. The molecule has 2 rings (SSSR count). The molecule has 18 heavy (non-hydrogen) atoms. The normalized spacial score (nSPS) is 14.3. The zero-order valence-corrected chi connectivity index (χ0v) is 11.1. The van der Waals surface area contributed by atoms with Gasteiger partial charge in [0.2, 0.25) is 0 Å². The third kappa shape index (κ3) is 4.06. The molecule has 1 fully saturated rings. The maximum absolute atomic E-state index is 12.1. The molecule has 1 aromatic carbocycles. The van der Waals surface area contributed by atoms with E-state index in [4.69, 9.17) is 0 Å². The zero-order valence-electron chi connectivity index (χ0n) is 11.1. The van der Waals surface area contributed by atoms with Gasteiger partial charge in [-0.25, -0.2) is 4.79 Å². The van der Waals surface area contributed by atoms with Crippen LogP contribution in [0.5, 0.6) is 0 Å². The fraction of sp³-hybridized carbons (Fsp3) is 0.533. The van der Waals surface area contributed by atoms with E-state index in [2.05, 4.69) is 12.2 Å². The summed E-state index contributed by atoms with van der Waals surface area (Å²) in [7, 11) is 0. The second-order valence-electron chi connectivity index (χ2n) is 5.03. The summed E-state index contributed by atoms with van der Waals surface area (Å²) in [6, 6.07) is 10.1. The first-order valence-electron chi connectivity index (χ1n) is 6.86. The topological polar surface area (TPSA) is 32.3 Å². The Hall–Kier alpha value is -1.51. The molecule has 0 aromatic heterocycles. The number of carbonyl (C=O) groups excluding carboxylic acids is 1. The molecule has 1 aliphatic rings. The lowest BCUT2D eigenvalue weighted by Gasteiger charge is -2.22. The molecule has 1 aromatic rings. The molecule has 1 N–H and O–H groups in total. The molecule has 3 heteroatoms. The van der Waals surface area contributed by atoms with Crippen molar-refractivity contribution in [3.8, 4) is 0 Å². The van der Waals surface area contributed by atoms with E-state index in [-0.39, 0.29) is 6.03 Å². The SMILES string of the molecule is CCCN(CC1CC1)C(=O)NCc1ccccc1. The molecule has 1 saturated carbocycles. The average Bonchev–Trinajstić information content (AvgIpc) is 3.21. The number of hydrogen-bond donors (Lipinski definition) is 1. The molecule has 3 nitrogen and oxygen atoms in total. The molecular formula is C15H22N2O. The monoisotopic (exact) mass is 246 g/mol. The van der Waals surface area contributed by atoms with Crippen LogP contribution >= 0.6 is 0 Å². The standard InChI is InChI=1S/C15H22N2O/c1-2-10-17(12-14-8-9-14)15(18)16-11-13-6-4-3-5-7-13/h3-7,14H,2,8-12H2,1H3,(H,16,18). The van der Waals surface area contributed by atoms with Gasteiger partial charge in [0.1, 0.15) is 0 Å². The largest absolute Gasteiger partial charge is 0.334 e. The predicted octanol–water partition coefficient (Wildman–Crippen LogP) is 3.02. The van der Waals surface area contributed by atoms with Gasteiger partial charge in [0.05, 0.1) is 0 Å². The maximum atomic E-state index is 12.1. The van der Waals surface area contributed by atoms with Gasteiger partial charge >= 0.3 is 6.03 Å². The van der Waals surface area contributed by atoms with E-state index in [1.165, 1.54) is 12.8 Å². The van der Waals surface area contributed by atoms with E-state index in [0.29, 0.717) is 6.54 Å². The smallest absolute Gasteiger partial charge is 0.317 e. The average molecular weight is 246 g/mol. The Labute approximate surface area is 109 Å². The van der Waals surface area contributed by atoms with Crippen molar-refractivity contribution in [2.45, 2.75) is 32.7 Å². The van der Waals surface area contributed by atoms with Crippen molar-refractivity contribution in [3.05, 3.63) is 35.9 Å². The Balaban J connectivity index is 1.80. The van der Waals surface area contributed by atoms with E-state index in [0.717, 1.165) is 31.0 Å². The fourth-order valence-corrected chi connectivity index (χ4v) is 2.04. The Morgan fingerprint density at radius 3 is 2.67 bits per heavy atom. The second-order valence-corrected chi connectivity index (χ2v) is 5.03. The number of benzene rings is 1. The van der Waals surface area contributed by atoms with Gasteiger partial charge in [0.25, 0.3) is 0 Å². The molecule has 0 heterocycles. The van der Waals surface area contributed by atoms with E-state index < -0.39 is 0 Å². The third-order valence-electron chi connectivity index (χ3n) is 3.24. The number of nitrogens with one attached hydrogen (secondary N) is 1. The maximum Gasteiger partial charge on any atom is 0.317 e. The van der Waals surface area contributed by atoms with Crippen molar-refractivity contribution in [1.29, 1.82) is 0 Å². The molecule has 0 radical (unpaired) electrons. The first-order valence-corrected chi connectivity index (χ1v) is 6.86. The van der Waals surface area contributed by atoms with E-state index in [1.807, 2.05) is 35.2 Å². The van der Waals surface area contributed by atoms with Crippen LogP contribution in [0.3, 0.4) is 0 Å². The molecule has 0 bridgehead atoms. The lowest BCUT2D eigenvalue weighted by Crippen LogP contribution is -2.41. The first kappa shape index (κ1) is 12.9. The van der Waals surface area contributed by atoms with Gasteiger partial charge in [-0.15, -0.1) is 0 Å². The molecular weight excluding hydrogens is 224 g/mol. The van der Waals surface area contributed by atoms with E-state index in [1.54, 1.807) is 0 Å². The summed E-state index contributed by atoms with van der Waals surface area (Å²) in [5, 5.41) is 3.00. The summed E-state index contributed by atoms with van der Waals surface area (Å²) in [5.74, 6) is 0.749. The highest BCUT2D eigenvalue weighted by Crippen LogP contribution is 2.29. The predicted molar refractivity (Wildman–Crippen MR) is 73.3 cm³/mol. The molecule has 0 aliphatic heterocycles. The van der Waals surface area contributed by atoms with Gasteiger partial charge in [0.15, 0.2) is 0 Å². The van der Waals surface area contributed by atoms with E-state index in [9.17, 15) is 4.79 Å². The molecule has 0 unspecified atom stereocenters. The van der Waals surface area contributed by atoms with Gasteiger partial charge in [0, 0.05) is 19.6 Å². The number of hydrogen-bond acceptors (Lipinski definition) is 1. The number of nitrogens with zero attached hydrogens (tertiary/aromatic N) is 1. The number of amides is 2. The van der Waals surface area contributed by atoms with Crippen LogP contribution in [-0.4, -0.2) is 24.0 Å². The molecule has 0 spiro atoms. The summed E-state index contributed by atoms with van der Waals surface area (Å²) in [6.45, 7) is 4.51. The van der Waals surface area contributed by atoms with Crippen molar-refractivity contribution >= 4 is 6.03 Å². The first-order chi connectivity index (χ1) is 8.79. The number of urea groups is 1. The van der Waals surface area contributed by atoms with Gasteiger partial charge in [-0.2, -0.15) is 0 Å². The summed E-state index contributed by atoms with van der Waals surface area (Å²) in [5.41, 5.74) is 1.15. The van der Waals surface area contributed by atoms with Crippen LogP contribution in [0.15, 0.2) is 30.3 Å². The van der Waals surface area contributed by atoms with Crippen LogP contribution < -0.4 is 5.32 Å². The van der Waals surface area contributed by atoms with Crippen LogP contribution in [-0.2, 0) is 6.54 Å². The van der Waals surface area contributed by atoms with E-state index >= 15 is 0 Å². The van der Waals surface area contributed by atoms with Crippen LogP contribution in [0.4, 0.5) is 4.79 Å². The number of carbonyl (C=O) groups is 1. The lowest BCUT2D eigenvalue weighted by atomic mass is 10.2. The zero-order chi connectivity index (χ0) is 12.8. The van der Waals surface area contributed by atoms with Gasteiger partial charge in [-0.1, -0.05) is 37.3 Å². The van der Waals surface area contributed by atoms with Gasteiger partial charge in [-0.3, -0.25) is 0 Å². The van der Waals surface area contributed by atoms with Crippen molar-refractivity contribution in [2.24, 2.45) is 5.92 Å². The Morgan fingerprint density at radius 1 is 1.33 bits per heavy atom. The Kier molecular flexibility index (Phi) is 4.62. The summed E-state index contributed by atoms with van der Waals surface area (Å²) in [6.07, 6.45) is 3.59. The quantitative estimate of drug-likeness (QED) is 0.822. The van der Waals surface area contributed by atoms with Crippen LogP contribution in [0.25, 0.3) is 0 Å². The third-order valence-corrected chi connectivity index (χ3v) is 3.24. The minimum atomic E-state index is 0.0765. The second kappa shape index (κ2) is 6.43. The summed E-state index contributed by atoms with van der Waals surface area (Å²) >= 11 is 0. The van der Waals surface area contributed by atoms with Crippen molar-refractivity contribution in [1.82, 2.24) is 10.2 Å². The molecule has 1 aliphatic carbocycles. The van der Waals surface area contributed by atoms with Crippen LogP contribution in [0, 0.1) is 5.92 Å². The fourth-order valence-electron chi connectivity index (χ4n) is 2.04. The van der Waals surface area contributed by atoms with Crippen molar-refractivity contribution in [3.63, 3.8) is 0 Å². The lowest BCUT2D eigenvalue weighted by molar-refractivity contribution is 0.195. The van der Waals surface area contributed by atoms with Crippen LogP contribution in [0.1, 0.15) is 31.7 Å². The molecule has 0 atom stereocenters. The molecule has 2 amide bonds. The molecule has 98 valence electrons. The minimum absolute atomic E-state index is 0.0765. The molecule has 0 saturated heterocycles. The summed E-state index contributed by atoms with van der Waals surface area (Å²) in [4.78, 5) is 14.0. The van der Waals surface area contributed by atoms with Crippen molar-refractivity contribution in [2.75, 3.05) is 13.1 Å². The number of rotatable bonds is 6. The highest BCUT2D eigenvalue weighted by Gasteiger charge is 2.26. The summed E-state index contributed by atoms with van der Waals surface area (Å²) < 4.78 is 0. The Bertz CT molecular complexity index is 373. The van der Waals surface area contributed by atoms with Gasteiger partial charge < -0.3 is 10.2 Å².